The fraction of sp³-hybridized carbons (Fsp3) is 0.350. The SMILES string of the molecule is CCOC(=O)C1=C(C)NC(C)=C(C(=O)OCC)C1c1ccc(C(=O)O)cc1. The molecular weight excluding hydrogens is 350 g/mol. The first-order valence-corrected chi connectivity index (χ1v) is 8.67. The smallest absolute Gasteiger partial charge is 0.336 e. The molecule has 0 saturated carbocycles. The Morgan fingerprint density at radius 1 is 0.926 bits per heavy atom. The summed E-state index contributed by atoms with van der Waals surface area (Å²) in [4.78, 5) is 36.4. The van der Waals surface area contributed by atoms with Crippen molar-refractivity contribution in [1.82, 2.24) is 5.32 Å². The monoisotopic (exact) mass is 373 g/mol. The molecule has 144 valence electrons. The average Bonchev–Trinajstić information content (AvgIpc) is 2.61. The summed E-state index contributed by atoms with van der Waals surface area (Å²) >= 11 is 0. The first-order chi connectivity index (χ1) is 12.8. The molecule has 0 aromatic heterocycles. The van der Waals surface area contributed by atoms with Gasteiger partial charge in [0.05, 0.1) is 35.8 Å². The van der Waals surface area contributed by atoms with Crippen LogP contribution in [-0.2, 0) is 19.1 Å². The lowest BCUT2D eigenvalue weighted by molar-refractivity contribution is -0.139. The number of ether oxygens (including phenoxy) is 2. The molecule has 0 atom stereocenters. The summed E-state index contributed by atoms with van der Waals surface area (Å²) in [6.45, 7) is 7.25. The molecule has 27 heavy (non-hydrogen) atoms. The minimum atomic E-state index is -1.05. The van der Waals surface area contributed by atoms with Gasteiger partial charge in [-0.05, 0) is 45.4 Å². The molecule has 1 aliphatic heterocycles. The van der Waals surface area contributed by atoms with E-state index in [1.807, 2.05) is 0 Å². The first-order valence-electron chi connectivity index (χ1n) is 8.67. The van der Waals surface area contributed by atoms with Crippen LogP contribution in [0.2, 0.25) is 0 Å². The van der Waals surface area contributed by atoms with E-state index in [1.54, 1.807) is 39.8 Å². The Labute approximate surface area is 157 Å². The van der Waals surface area contributed by atoms with Crippen molar-refractivity contribution < 1.29 is 29.0 Å². The van der Waals surface area contributed by atoms with Gasteiger partial charge in [-0.3, -0.25) is 0 Å². The average molecular weight is 373 g/mol. The molecule has 1 aromatic rings. The number of rotatable bonds is 6. The predicted molar refractivity (Wildman–Crippen MR) is 97.9 cm³/mol. The third kappa shape index (κ3) is 4.19. The van der Waals surface area contributed by atoms with Gasteiger partial charge in [0, 0.05) is 11.4 Å². The molecule has 0 amide bonds. The number of benzene rings is 1. The van der Waals surface area contributed by atoms with Gasteiger partial charge in [0.25, 0.3) is 0 Å². The van der Waals surface area contributed by atoms with Gasteiger partial charge >= 0.3 is 17.9 Å². The molecule has 7 nitrogen and oxygen atoms in total. The number of dihydropyridines is 1. The summed E-state index contributed by atoms with van der Waals surface area (Å²) in [7, 11) is 0. The number of carbonyl (C=O) groups excluding carboxylic acids is 2. The fourth-order valence-corrected chi connectivity index (χ4v) is 3.10. The highest BCUT2D eigenvalue weighted by Crippen LogP contribution is 2.39. The minimum Gasteiger partial charge on any atom is -0.478 e. The molecule has 0 radical (unpaired) electrons. The van der Waals surface area contributed by atoms with Gasteiger partial charge in [-0.15, -0.1) is 0 Å². The van der Waals surface area contributed by atoms with Gasteiger partial charge in [0.15, 0.2) is 0 Å². The van der Waals surface area contributed by atoms with Gasteiger partial charge in [-0.2, -0.15) is 0 Å². The summed E-state index contributed by atoms with van der Waals surface area (Å²) in [5, 5.41) is 12.2. The van der Waals surface area contributed by atoms with Crippen LogP contribution in [-0.4, -0.2) is 36.2 Å². The van der Waals surface area contributed by atoms with E-state index in [0.717, 1.165) is 0 Å². The number of hydrogen-bond acceptors (Lipinski definition) is 6. The van der Waals surface area contributed by atoms with Crippen LogP contribution < -0.4 is 5.32 Å². The van der Waals surface area contributed by atoms with Crippen molar-refractivity contribution in [2.75, 3.05) is 13.2 Å². The molecule has 1 aromatic carbocycles. The van der Waals surface area contributed by atoms with Gasteiger partial charge in [0.2, 0.25) is 0 Å². The van der Waals surface area contributed by atoms with Gasteiger partial charge in [-0.1, -0.05) is 12.1 Å². The Kier molecular flexibility index (Phi) is 6.39. The lowest BCUT2D eigenvalue weighted by atomic mass is 9.80. The molecular formula is C20H23NO6. The summed E-state index contributed by atoms with van der Waals surface area (Å²) in [5.74, 6) is -2.85. The molecule has 0 bridgehead atoms. The number of nitrogens with one attached hydrogen (secondary N) is 1. The van der Waals surface area contributed by atoms with Crippen LogP contribution in [0.4, 0.5) is 0 Å². The number of carboxylic acids is 1. The van der Waals surface area contributed by atoms with Crippen molar-refractivity contribution in [2.24, 2.45) is 0 Å². The zero-order valence-corrected chi connectivity index (χ0v) is 15.8. The number of esters is 2. The van der Waals surface area contributed by atoms with E-state index in [9.17, 15) is 14.4 Å². The quantitative estimate of drug-likeness (QED) is 0.739. The largest absolute Gasteiger partial charge is 0.478 e. The number of carbonyl (C=O) groups is 3. The van der Waals surface area contributed by atoms with Crippen LogP contribution in [0.15, 0.2) is 46.8 Å². The summed E-state index contributed by atoms with van der Waals surface area (Å²) in [5.41, 5.74) is 2.47. The van der Waals surface area contributed by atoms with E-state index >= 15 is 0 Å². The lowest BCUT2D eigenvalue weighted by Crippen LogP contribution is -2.32. The third-order valence-corrected chi connectivity index (χ3v) is 4.24. The van der Waals surface area contributed by atoms with Crippen molar-refractivity contribution in [3.63, 3.8) is 0 Å². The Balaban J connectivity index is 2.62. The number of hydrogen-bond donors (Lipinski definition) is 2. The standard InChI is InChI=1S/C20H23NO6/c1-5-26-19(24)15-11(3)21-12(4)16(20(25)27-6-2)17(15)13-7-9-14(10-8-13)18(22)23/h7-10,17,21H,5-6H2,1-4H3,(H,22,23). The molecule has 0 fully saturated rings. The maximum Gasteiger partial charge on any atom is 0.336 e. The molecule has 1 heterocycles. The highest BCUT2D eigenvalue weighted by Gasteiger charge is 2.37. The summed E-state index contributed by atoms with van der Waals surface area (Å²) < 4.78 is 10.4. The van der Waals surface area contributed by atoms with Crippen molar-refractivity contribution in [1.29, 1.82) is 0 Å². The maximum absolute atomic E-state index is 12.6. The van der Waals surface area contributed by atoms with E-state index in [2.05, 4.69) is 5.32 Å². The maximum atomic E-state index is 12.6. The predicted octanol–water partition coefficient (Wildman–Crippen LogP) is 2.75. The zero-order chi connectivity index (χ0) is 20.1. The van der Waals surface area contributed by atoms with E-state index in [4.69, 9.17) is 14.6 Å². The molecule has 0 saturated heterocycles. The highest BCUT2D eigenvalue weighted by molar-refractivity contribution is 6.00. The van der Waals surface area contributed by atoms with E-state index in [-0.39, 0.29) is 18.8 Å². The van der Waals surface area contributed by atoms with Crippen molar-refractivity contribution in [3.05, 3.63) is 57.9 Å². The molecule has 2 rings (SSSR count). The molecule has 0 spiro atoms. The second-order valence-electron chi connectivity index (χ2n) is 6.00. The van der Waals surface area contributed by atoms with Crippen LogP contribution in [0.5, 0.6) is 0 Å². The first kappa shape index (κ1) is 20.2. The van der Waals surface area contributed by atoms with E-state index in [1.165, 1.54) is 12.1 Å². The minimum absolute atomic E-state index is 0.115. The summed E-state index contributed by atoms with van der Waals surface area (Å²) in [6, 6.07) is 6.07. The van der Waals surface area contributed by atoms with Crippen molar-refractivity contribution in [3.8, 4) is 0 Å². The number of allylic oxidation sites excluding steroid dienone is 2. The van der Waals surface area contributed by atoms with Gasteiger partial charge < -0.3 is 19.9 Å². The second kappa shape index (κ2) is 8.53. The van der Waals surface area contributed by atoms with Crippen LogP contribution in [0, 0.1) is 0 Å². The van der Waals surface area contributed by atoms with Crippen molar-refractivity contribution >= 4 is 17.9 Å². The number of aromatic carboxylic acids is 1. The Bertz CT molecular complexity index is 779. The third-order valence-electron chi connectivity index (χ3n) is 4.24. The van der Waals surface area contributed by atoms with Crippen LogP contribution in [0.25, 0.3) is 0 Å². The highest BCUT2D eigenvalue weighted by atomic mass is 16.5. The second-order valence-corrected chi connectivity index (χ2v) is 6.00. The van der Waals surface area contributed by atoms with E-state index < -0.39 is 23.8 Å². The van der Waals surface area contributed by atoms with Crippen molar-refractivity contribution in [2.45, 2.75) is 33.6 Å². The topological polar surface area (TPSA) is 102 Å². The van der Waals surface area contributed by atoms with E-state index in [0.29, 0.717) is 28.1 Å². The van der Waals surface area contributed by atoms with Gasteiger partial charge in [0.1, 0.15) is 0 Å². The number of carboxylic acid groups (broad SMARTS) is 1. The summed E-state index contributed by atoms with van der Waals surface area (Å²) in [6.07, 6.45) is 0. The molecule has 2 N–H and O–H groups in total. The molecule has 1 aliphatic rings. The van der Waals surface area contributed by atoms with Crippen LogP contribution >= 0.6 is 0 Å². The lowest BCUT2D eigenvalue weighted by Gasteiger charge is -2.30. The molecule has 7 heteroatoms. The Hall–Kier alpha value is -3.09. The zero-order valence-electron chi connectivity index (χ0n) is 15.8. The van der Waals surface area contributed by atoms with Crippen LogP contribution in [0.3, 0.4) is 0 Å². The van der Waals surface area contributed by atoms with Gasteiger partial charge in [-0.25, -0.2) is 14.4 Å². The Morgan fingerprint density at radius 2 is 1.37 bits per heavy atom. The fourth-order valence-electron chi connectivity index (χ4n) is 3.10. The normalized spacial score (nSPS) is 14.7. The molecule has 0 aliphatic carbocycles. The Morgan fingerprint density at radius 3 is 1.74 bits per heavy atom. The molecule has 0 unspecified atom stereocenters. The van der Waals surface area contributed by atoms with Crippen LogP contribution in [0.1, 0.15) is 49.5 Å².